The maximum Gasteiger partial charge on any atom is 1.00 e. The van der Waals surface area contributed by atoms with Crippen LogP contribution in [0.25, 0.3) is 0 Å². The number of esters is 1. The Morgan fingerprint density at radius 2 is 0.831 bits per heavy atom. The van der Waals surface area contributed by atoms with Gasteiger partial charge in [-0.25, -0.2) is 9.59 Å². The maximum absolute atomic E-state index is 12.9. The third-order valence-electron chi connectivity index (χ3n) is 11.9. The SMILES string of the molecule is COC(=O)c1ccc(NC(=O)c2cc(Cl)c(OC3CCCC3)c(OC3CCCC3)c2)cc1.O=C(O)c1ccc(NC(=O)c2cc(Cl)c(OC3CCCC3)c(OC3CCCC3)c2)cc1.[Li+].[OH-]. The van der Waals surface area contributed by atoms with E-state index in [1.165, 1.54) is 19.2 Å². The summed E-state index contributed by atoms with van der Waals surface area (Å²) in [4.78, 5) is 48.4. The van der Waals surface area contributed by atoms with Gasteiger partial charge < -0.3 is 44.9 Å². The van der Waals surface area contributed by atoms with Gasteiger partial charge in [0.15, 0.2) is 23.0 Å². The molecule has 4 aliphatic rings. The average Bonchev–Trinajstić information content (AvgIpc) is 4.14. The molecule has 4 saturated carbocycles. The van der Waals surface area contributed by atoms with Crippen LogP contribution in [0.3, 0.4) is 0 Å². The summed E-state index contributed by atoms with van der Waals surface area (Å²) in [5.41, 5.74) is 2.37. The van der Waals surface area contributed by atoms with Crippen LogP contribution in [-0.2, 0) is 4.74 Å². The molecular weight excluding hydrogens is 870 g/mol. The number of methoxy groups -OCH3 is 1. The summed E-state index contributed by atoms with van der Waals surface area (Å²) in [6.07, 6.45) is 17.5. The number of benzene rings is 4. The van der Waals surface area contributed by atoms with Gasteiger partial charge in [-0.15, -0.1) is 0 Å². The molecule has 0 heterocycles. The van der Waals surface area contributed by atoms with E-state index in [2.05, 4.69) is 10.6 Å². The quantitative estimate of drug-likeness (QED) is 0.0810. The number of halogens is 2. The van der Waals surface area contributed by atoms with Crippen molar-refractivity contribution in [2.45, 2.75) is 127 Å². The molecule has 0 aliphatic heterocycles. The molecule has 2 amide bonds. The van der Waals surface area contributed by atoms with E-state index in [0.29, 0.717) is 61.1 Å². The molecule has 4 aliphatic carbocycles. The topological polar surface area (TPSA) is 189 Å². The van der Waals surface area contributed by atoms with Crippen molar-refractivity contribution in [3.8, 4) is 23.0 Å². The van der Waals surface area contributed by atoms with Crippen molar-refractivity contribution in [1.82, 2.24) is 0 Å². The zero-order valence-corrected chi connectivity index (χ0v) is 38.4. The molecule has 4 aromatic rings. The second-order valence-electron chi connectivity index (χ2n) is 16.5. The van der Waals surface area contributed by atoms with E-state index in [1.807, 2.05) is 0 Å². The van der Waals surface area contributed by atoms with Crippen LogP contribution < -0.4 is 48.4 Å². The molecule has 342 valence electrons. The van der Waals surface area contributed by atoms with E-state index in [1.54, 1.807) is 60.7 Å². The largest absolute Gasteiger partial charge is 1.00 e. The predicted molar refractivity (Wildman–Crippen MR) is 243 cm³/mol. The van der Waals surface area contributed by atoms with E-state index in [0.717, 1.165) is 103 Å². The number of ether oxygens (including phenoxy) is 5. The Morgan fingerprint density at radius 3 is 1.15 bits per heavy atom. The van der Waals surface area contributed by atoms with E-state index < -0.39 is 11.9 Å². The van der Waals surface area contributed by atoms with Gasteiger partial charge in [-0.1, -0.05) is 23.2 Å². The summed E-state index contributed by atoms with van der Waals surface area (Å²) < 4.78 is 29.6. The minimum absolute atomic E-state index is 0. The van der Waals surface area contributed by atoms with E-state index in [9.17, 15) is 19.2 Å². The monoisotopic (exact) mass is 924 g/mol. The number of nitrogens with one attached hydrogen (secondary N) is 2. The number of hydrogen-bond donors (Lipinski definition) is 3. The second kappa shape index (κ2) is 24.6. The van der Waals surface area contributed by atoms with Gasteiger partial charge in [-0.3, -0.25) is 9.59 Å². The van der Waals surface area contributed by atoms with Crippen molar-refractivity contribution in [1.29, 1.82) is 0 Å². The summed E-state index contributed by atoms with van der Waals surface area (Å²) >= 11 is 13.1. The number of amides is 2. The Kier molecular flexibility index (Phi) is 19.3. The fourth-order valence-corrected chi connectivity index (χ4v) is 8.94. The van der Waals surface area contributed by atoms with Crippen LogP contribution in [0.15, 0.2) is 72.8 Å². The van der Waals surface area contributed by atoms with Crippen molar-refractivity contribution in [2.24, 2.45) is 0 Å². The first-order valence-electron chi connectivity index (χ1n) is 22.0. The molecule has 4 N–H and O–H groups in total. The third-order valence-corrected chi connectivity index (χ3v) is 12.4. The van der Waals surface area contributed by atoms with Gasteiger partial charge in [0.05, 0.1) is 52.7 Å². The van der Waals surface area contributed by atoms with Gasteiger partial charge in [-0.05, 0) is 176 Å². The van der Waals surface area contributed by atoms with Gasteiger partial charge in [0.25, 0.3) is 11.8 Å². The van der Waals surface area contributed by atoms with Crippen molar-refractivity contribution < 1.29 is 72.3 Å². The zero-order chi connectivity index (χ0) is 44.3. The number of anilines is 2. The normalized spacial score (nSPS) is 16.3. The second-order valence-corrected chi connectivity index (χ2v) is 17.3. The summed E-state index contributed by atoms with van der Waals surface area (Å²) in [6, 6.07) is 19.1. The summed E-state index contributed by atoms with van der Waals surface area (Å²) in [7, 11) is 1.33. The first-order valence-corrected chi connectivity index (χ1v) is 22.8. The first-order chi connectivity index (χ1) is 30.5. The van der Waals surface area contributed by atoms with Crippen LogP contribution in [0, 0.1) is 0 Å². The molecule has 16 heteroatoms. The number of hydrogen-bond acceptors (Lipinski definition) is 10. The average molecular weight is 926 g/mol. The number of carbonyl (C=O) groups excluding carboxylic acids is 3. The van der Waals surface area contributed by atoms with Crippen LogP contribution >= 0.6 is 23.2 Å². The van der Waals surface area contributed by atoms with E-state index in [4.69, 9.17) is 52.0 Å². The van der Waals surface area contributed by atoms with Gasteiger partial charge in [0.2, 0.25) is 0 Å². The van der Waals surface area contributed by atoms with E-state index in [-0.39, 0.29) is 66.1 Å². The van der Waals surface area contributed by atoms with Crippen molar-refractivity contribution in [3.05, 3.63) is 105 Å². The molecule has 0 bridgehead atoms. The summed E-state index contributed by atoms with van der Waals surface area (Å²) in [5.74, 6) is -0.0278. The van der Waals surface area contributed by atoms with Crippen LogP contribution in [-0.4, -0.2) is 65.9 Å². The number of rotatable bonds is 14. The van der Waals surface area contributed by atoms with Gasteiger partial charge in [0.1, 0.15) is 0 Å². The molecule has 0 aromatic heterocycles. The minimum Gasteiger partial charge on any atom is -0.870 e. The smallest absolute Gasteiger partial charge is 0.870 e. The Bertz CT molecular complexity index is 2240. The summed E-state index contributed by atoms with van der Waals surface area (Å²) in [5, 5.41) is 15.4. The Labute approximate surface area is 401 Å². The number of carbonyl (C=O) groups is 4. The molecule has 4 aromatic carbocycles. The fourth-order valence-electron chi connectivity index (χ4n) is 8.43. The van der Waals surface area contributed by atoms with Crippen LogP contribution in [0.5, 0.6) is 23.0 Å². The molecule has 0 saturated heterocycles. The molecule has 65 heavy (non-hydrogen) atoms. The number of carboxylic acids is 1. The first kappa shape index (κ1) is 51.1. The third kappa shape index (κ3) is 14.1. The fraction of sp³-hybridized carbons (Fsp3) is 0.429. The van der Waals surface area contributed by atoms with E-state index >= 15 is 0 Å². The van der Waals surface area contributed by atoms with Crippen molar-refractivity contribution in [3.63, 3.8) is 0 Å². The molecule has 0 spiro atoms. The molecule has 8 rings (SSSR count). The van der Waals surface area contributed by atoms with Crippen LogP contribution in [0.2, 0.25) is 10.0 Å². The summed E-state index contributed by atoms with van der Waals surface area (Å²) in [6.45, 7) is 0. The van der Waals surface area contributed by atoms with Gasteiger partial charge in [-0.2, -0.15) is 0 Å². The maximum atomic E-state index is 12.9. The zero-order valence-electron chi connectivity index (χ0n) is 36.9. The number of aromatic carboxylic acids is 1. The van der Waals surface area contributed by atoms with Gasteiger partial charge in [0, 0.05) is 22.5 Å². The van der Waals surface area contributed by atoms with Crippen molar-refractivity contribution in [2.75, 3.05) is 17.7 Å². The molecular formula is C49H55Cl2LiN2O11. The van der Waals surface area contributed by atoms with Crippen LogP contribution in [0.1, 0.15) is 144 Å². The standard InChI is InChI=1S/C25H28ClNO5.C24H26ClNO5.Li.H2O/c1-30-25(29)16-10-12-18(13-11-16)27-24(28)17-14-21(26)23(32-20-8-4-5-9-20)22(15-17)31-19-6-2-3-7-19;25-20-13-16(23(27)26-17-11-9-15(10-12-17)24(28)29)14-21(30-18-5-1-2-6-18)22(20)31-19-7-3-4-8-19;;/h10-15,19-20H,2-9H2,1H3,(H,27,28);9-14,18-19H,1-8H2,(H,26,27)(H,28,29);;1H2/q;;+1;/p-1. The molecule has 4 fully saturated rings. The minimum atomic E-state index is -1.02. The Morgan fingerprint density at radius 1 is 0.508 bits per heavy atom. The Balaban J connectivity index is 0.000000237. The van der Waals surface area contributed by atoms with Crippen LogP contribution in [0.4, 0.5) is 11.4 Å². The molecule has 0 atom stereocenters. The predicted octanol–water partition coefficient (Wildman–Crippen LogP) is 8.78. The Hall–Kier alpha value is -4.90. The molecule has 0 radical (unpaired) electrons. The number of carboxylic acid groups (broad SMARTS) is 1. The molecule has 13 nitrogen and oxygen atoms in total. The van der Waals surface area contributed by atoms with Crippen molar-refractivity contribution >= 4 is 58.3 Å². The van der Waals surface area contributed by atoms with Gasteiger partial charge >= 0.3 is 30.8 Å². The molecule has 0 unspecified atom stereocenters.